The van der Waals surface area contributed by atoms with Crippen molar-refractivity contribution in [3.05, 3.63) is 46.2 Å². The highest BCUT2D eigenvalue weighted by atomic mass is 35.5. The number of nitrogens with zero attached hydrogens (tertiary/aromatic N) is 2. The molecule has 1 amide bonds. The summed E-state index contributed by atoms with van der Waals surface area (Å²) in [5.74, 6) is -0.0102. The molecule has 0 bridgehead atoms. The first-order valence-electron chi connectivity index (χ1n) is 10.4. The van der Waals surface area contributed by atoms with Crippen molar-refractivity contribution in [2.75, 3.05) is 13.6 Å². The summed E-state index contributed by atoms with van der Waals surface area (Å²) >= 11 is 6.10. The third kappa shape index (κ3) is 4.54. The fraction of sp³-hybridized carbons (Fsp3) is 0.542. The van der Waals surface area contributed by atoms with Gasteiger partial charge in [0.2, 0.25) is 0 Å². The molecule has 2 aromatic rings. The van der Waals surface area contributed by atoms with E-state index in [1.165, 1.54) is 0 Å². The molecule has 0 atom stereocenters. The number of aromatic nitrogens is 1. The normalized spacial score (nSPS) is 15.9. The van der Waals surface area contributed by atoms with Crippen molar-refractivity contribution in [2.24, 2.45) is 5.41 Å². The van der Waals surface area contributed by atoms with Crippen LogP contribution in [-0.2, 0) is 6.54 Å². The summed E-state index contributed by atoms with van der Waals surface area (Å²) in [5, 5.41) is 11.5. The number of carbonyl (C=O) groups is 1. The molecule has 0 saturated heterocycles. The Hall–Kier alpha value is -1.78. The van der Waals surface area contributed by atoms with Crippen molar-refractivity contribution in [3.63, 3.8) is 0 Å². The van der Waals surface area contributed by atoms with Crippen molar-refractivity contribution in [3.8, 4) is 11.1 Å². The highest BCUT2D eigenvalue weighted by molar-refractivity contribution is 6.30. The van der Waals surface area contributed by atoms with Gasteiger partial charge in [-0.1, -0.05) is 44.5 Å². The molecule has 3 rings (SSSR count). The van der Waals surface area contributed by atoms with E-state index in [1.807, 2.05) is 42.8 Å². The molecule has 0 spiro atoms. The molecule has 29 heavy (non-hydrogen) atoms. The van der Waals surface area contributed by atoms with E-state index in [0.29, 0.717) is 23.8 Å². The summed E-state index contributed by atoms with van der Waals surface area (Å²) in [5.41, 5.74) is 3.96. The first-order valence-corrected chi connectivity index (χ1v) is 10.7. The minimum Gasteiger partial charge on any atom is -0.388 e. The van der Waals surface area contributed by atoms with E-state index >= 15 is 0 Å². The summed E-state index contributed by atoms with van der Waals surface area (Å²) < 4.78 is 2.04. The third-order valence-corrected chi connectivity index (χ3v) is 6.21. The Bertz CT molecular complexity index is 902. The number of aliphatic hydroxyl groups is 1. The van der Waals surface area contributed by atoms with Gasteiger partial charge in [0.15, 0.2) is 0 Å². The number of halogens is 1. The zero-order valence-corrected chi connectivity index (χ0v) is 19.2. The minimum atomic E-state index is -0.717. The maximum atomic E-state index is 13.7. The second kappa shape index (κ2) is 7.81. The topological polar surface area (TPSA) is 45.5 Å². The predicted octanol–water partition coefficient (Wildman–Crippen LogP) is 5.46. The molecule has 5 heteroatoms. The lowest BCUT2D eigenvalue weighted by Gasteiger charge is -2.38. The highest BCUT2D eigenvalue weighted by Gasteiger charge is 2.38. The summed E-state index contributed by atoms with van der Waals surface area (Å²) in [4.78, 5) is 15.5. The van der Waals surface area contributed by atoms with Crippen LogP contribution >= 0.6 is 11.6 Å². The molecule has 158 valence electrons. The molecule has 4 nitrogen and oxygen atoms in total. The molecule has 1 N–H and O–H groups in total. The molecule has 1 saturated carbocycles. The molecule has 1 aromatic heterocycles. The first kappa shape index (κ1) is 21.9. The summed E-state index contributed by atoms with van der Waals surface area (Å²) in [7, 11) is 1.86. The van der Waals surface area contributed by atoms with E-state index in [0.717, 1.165) is 41.6 Å². The number of amides is 1. The van der Waals surface area contributed by atoms with Gasteiger partial charge >= 0.3 is 0 Å². The van der Waals surface area contributed by atoms with Crippen molar-refractivity contribution >= 4 is 17.5 Å². The molecule has 1 fully saturated rings. The fourth-order valence-electron chi connectivity index (χ4n) is 4.25. The minimum absolute atomic E-state index is 0.00146. The van der Waals surface area contributed by atoms with E-state index in [9.17, 15) is 9.90 Å². The third-order valence-electron chi connectivity index (χ3n) is 5.96. The van der Waals surface area contributed by atoms with Gasteiger partial charge in [0.05, 0.1) is 12.1 Å². The van der Waals surface area contributed by atoms with Crippen LogP contribution in [0.3, 0.4) is 0 Å². The van der Waals surface area contributed by atoms with Crippen molar-refractivity contribution in [2.45, 2.75) is 66.0 Å². The zero-order chi connectivity index (χ0) is 21.6. The quantitative estimate of drug-likeness (QED) is 0.703. The monoisotopic (exact) mass is 416 g/mol. The lowest BCUT2D eigenvalue weighted by molar-refractivity contribution is -0.0479. The average molecular weight is 417 g/mol. The van der Waals surface area contributed by atoms with E-state index in [2.05, 4.69) is 27.7 Å². The number of carbonyl (C=O) groups excluding carboxylic acids is 1. The van der Waals surface area contributed by atoms with E-state index < -0.39 is 5.60 Å². The van der Waals surface area contributed by atoms with E-state index in [-0.39, 0.29) is 11.3 Å². The Labute approximate surface area is 179 Å². The second-order valence-electron chi connectivity index (χ2n) is 9.83. The van der Waals surface area contributed by atoms with Crippen LogP contribution in [0, 0.1) is 19.3 Å². The van der Waals surface area contributed by atoms with Crippen LogP contribution in [0.25, 0.3) is 11.1 Å². The first-order chi connectivity index (χ1) is 13.4. The summed E-state index contributed by atoms with van der Waals surface area (Å²) in [6.45, 7) is 11.6. The molecule has 0 aliphatic heterocycles. The van der Waals surface area contributed by atoms with E-state index in [4.69, 9.17) is 11.6 Å². The largest absolute Gasteiger partial charge is 0.388 e. The number of benzene rings is 1. The lowest BCUT2D eigenvalue weighted by Crippen LogP contribution is -2.43. The predicted molar refractivity (Wildman–Crippen MR) is 120 cm³/mol. The van der Waals surface area contributed by atoms with Crippen LogP contribution in [0.5, 0.6) is 0 Å². The molecular weight excluding hydrogens is 384 g/mol. The Morgan fingerprint density at radius 3 is 2.28 bits per heavy atom. The fourth-order valence-corrected chi connectivity index (χ4v) is 4.38. The van der Waals surface area contributed by atoms with Crippen molar-refractivity contribution in [1.82, 2.24) is 9.47 Å². The van der Waals surface area contributed by atoms with Gasteiger partial charge in [0, 0.05) is 29.9 Å². The lowest BCUT2D eigenvalue weighted by atomic mass is 9.80. The van der Waals surface area contributed by atoms with Crippen LogP contribution in [0.1, 0.15) is 61.8 Å². The summed E-state index contributed by atoms with van der Waals surface area (Å²) in [6, 6.07) is 7.64. The van der Waals surface area contributed by atoms with Gasteiger partial charge in [-0.15, -0.1) is 0 Å². The smallest absolute Gasteiger partial charge is 0.270 e. The van der Waals surface area contributed by atoms with Gasteiger partial charge in [-0.25, -0.2) is 0 Å². The van der Waals surface area contributed by atoms with E-state index in [1.54, 1.807) is 4.90 Å². The molecular formula is C24H33ClN2O2. The average Bonchev–Trinajstić information content (AvgIpc) is 2.84. The second-order valence-corrected chi connectivity index (χ2v) is 10.3. The number of hydrogen-bond acceptors (Lipinski definition) is 2. The van der Waals surface area contributed by atoms with Crippen LogP contribution in [0.4, 0.5) is 0 Å². The molecule has 1 aliphatic carbocycles. The molecule has 1 heterocycles. The molecule has 0 radical (unpaired) electrons. The SMILES string of the molecule is Cc1c(-c2ccc(Cl)cc2)c(C(=O)N(C)CC(C)(C)C)n(CC2(O)CCC2)c1C. The Morgan fingerprint density at radius 1 is 1.21 bits per heavy atom. The van der Waals surface area contributed by atoms with Crippen LogP contribution in [-0.4, -0.2) is 39.7 Å². The molecule has 0 unspecified atom stereocenters. The Kier molecular flexibility index (Phi) is 5.90. The molecule has 1 aliphatic rings. The number of hydrogen-bond donors (Lipinski definition) is 1. The summed E-state index contributed by atoms with van der Waals surface area (Å²) in [6.07, 6.45) is 2.60. The zero-order valence-electron chi connectivity index (χ0n) is 18.5. The Balaban J connectivity index is 2.14. The maximum absolute atomic E-state index is 13.7. The van der Waals surface area contributed by atoms with Gasteiger partial charge in [-0.05, 0) is 61.8 Å². The van der Waals surface area contributed by atoms with Crippen LogP contribution in [0.2, 0.25) is 5.02 Å². The Morgan fingerprint density at radius 2 is 1.79 bits per heavy atom. The van der Waals surface area contributed by atoms with Crippen LogP contribution in [0.15, 0.2) is 24.3 Å². The molecule has 1 aromatic carbocycles. The van der Waals surface area contributed by atoms with Crippen molar-refractivity contribution in [1.29, 1.82) is 0 Å². The van der Waals surface area contributed by atoms with Gasteiger partial charge in [0.1, 0.15) is 5.69 Å². The number of rotatable bonds is 5. The van der Waals surface area contributed by atoms with Gasteiger partial charge in [0.25, 0.3) is 5.91 Å². The van der Waals surface area contributed by atoms with Crippen molar-refractivity contribution < 1.29 is 9.90 Å². The standard InChI is InChI=1S/C24H33ClN2O2/c1-16-17(2)27(15-24(29)12-7-13-24)21(22(28)26(6)14-23(3,4)5)20(16)18-8-10-19(25)11-9-18/h8-11,29H,7,12-15H2,1-6H3. The van der Waals surface area contributed by atoms with Crippen LogP contribution < -0.4 is 0 Å². The van der Waals surface area contributed by atoms with Gasteiger partial charge in [-0.3, -0.25) is 4.79 Å². The maximum Gasteiger partial charge on any atom is 0.270 e. The van der Waals surface area contributed by atoms with Gasteiger partial charge < -0.3 is 14.6 Å². The highest BCUT2D eigenvalue weighted by Crippen LogP contribution is 2.38. The van der Waals surface area contributed by atoms with Gasteiger partial charge in [-0.2, -0.15) is 0 Å².